The lowest BCUT2D eigenvalue weighted by atomic mass is 9.81. The van der Waals surface area contributed by atoms with E-state index in [0.29, 0.717) is 12.1 Å². The SMILES string of the molecule is CN(C(=O)C(C)(C)c1cc(C(F)(F)F)cc(C(F)(F)F)c1)c1cnc(N2C[C@H](O)C[C@H]2CO)cc1-c1ccc(F)c(F)c1. The number of hydrogen-bond donors (Lipinski definition) is 2. The molecule has 2 heterocycles. The highest BCUT2D eigenvalue weighted by atomic mass is 19.4. The number of hydrogen-bond acceptors (Lipinski definition) is 5. The lowest BCUT2D eigenvalue weighted by molar-refractivity contribution is -0.143. The Morgan fingerprint density at radius 3 is 2.07 bits per heavy atom. The minimum Gasteiger partial charge on any atom is -0.394 e. The number of rotatable bonds is 6. The molecule has 1 aliphatic rings. The number of amides is 1. The summed E-state index contributed by atoms with van der Waals surface area (Å²) < 4.78 is 109. The number of aliphatic hydroxyl groups is 2. The second-order valence-electron chi connectivity index (χ2n) is 10.9. The van der Waals surface area contributed by atoms with Gasteiger partial charge < -0.3 is 20.0 Å². The second-order valence-corrected chi connectivity index (χ2v) is 10.9. The molecule has 1 fully saturated rings. The predicted molar refractivity (Wildman–Crippen MR) is 141 cm³/mol. The first kappa shape index (κ1) is 32.1. The molecule has 0 radical (unpaired) electrons. The molecule has 6 nitrogen and oxygen atoms in total. The summed E-state index contributed by atoms with van der Waals surface area (Å²) in [5.74, 6) is -3.09. The molecule has 0 saturated carbocycles. The smallest absolute Gasteiger partial charge is 0.394 e. The first-order chi connectivity index (χ1) is 19.8. The third-order valence-electron chi connectivity index (χ3n) is 7.51. The van der Waals surface area contributed by atoms with Crippen LogP contribution in [0.15, 0.2) is 48.7 Å². The van der Waals surface area contributed by atoms with E-state index in [2.05, 4.69) is 4.98 Å². The van der Waals surface area contributed by atoms with E-state index in [1.165, 1.54) is 25.4 Å². The van der Waals surface area contributed by atoms with Crippen LogP contribution in [0.5, 0.6) is 0 Å². The highest BCUT2D eigenvalue weighted by Crippen LogP contribution is 2.41. The Bertz CT molecular complexity index is 1490. The molecular weight excluding hydrogens is 590 g/mol. The predicted octanol–water partition coefficient (Wildman–Crippen LogP) is 5.94. The first-order valence-electron chi connectivity index (χ1n) is 12.9. The van der Waals surface area contributed by atoms with Gasteiger partial charge in [0, 0.05) is 19.2 Å². The van der Waals surface area contributed by atoms with Gasteiger partial charge in [0.2, 0.25) is 5.91 Å². The fraction of sp³-hybridized carbons (Fsp3) is 0.379. The molecule has 4 rings (SSSR count). The zero-order valence-electron chi connectivity index (χ0n) is 23.1. The number of halogens is 8. The molecule has 1 aromatic heterocycles. The number of aliphatic hydroxyl groups excluding tert-OH is 2. The van der Waals surface area contributed by atoms with Crippen molar-refractivity contribution in [3.63, 3.8) is 0 Å². The van der Waals surface area contributed by atoms with Crippen LogP contribution in [0.3, 0.4) is 0 Å². The Kier molecular flexibility index (Phi) is 8.50. The number of carbonyl (C=O) groups is 1. The highest BCUT2D eigenvalue weighted by Gasteiger charge is 2.41. The van der Waals surface area contributed by atoms with E-state index in [1.807, 2.05) is 0 Å². The molecule has 2 atom stereocenters. The number of alkyl halides is 6. The maximum absolute atomic E-state index is 14.3. The molecule has 2 aromatic carbocycles. The maximum Gasteiger partial charge on any atom is 0.416 e. The van der Waals surface area contributed by atoms with Crippen molar-refractivity contribution < 1.29 is 50.1 Å². The lowest BCUT2D eigenvalue weighted by Gasteiger charge is -2.32. The molecule has 1 aliphatic heterocycles. The summed E-state index contributed by atoms with van der Waals surface area (Å²) in [6.07, 6.45) is -9.63. The van der Waals surface area contributed by atoms with Gasteiger partial charge in [0.15, 0.2) is 11.6 Å². The normalized spacial score (nSPS) is 17.8. The quantitative estimate of drug-likeness (QED) is 0.335. The minimum atomic E-state index is -5.13. The monoisotopic (exact) mass is 617 g/mol. The van der Waals surface area contributed by atoms with E-state index in [0.717, 1.165) is 30.9 Å². The van der Waals surface area contributed by atoms with Gasteiger partial charge in [-0.2, -0.15) is 26.3 Å². The van der Waals surface area contributed by atoms with Crippen molar-refractivity contribution in [3.8, 4) is 11.1 Å². The topological polar surface area (TPSA) is 76.9 Å². The zero-order valence-corrected chi connectivity index (χ0v) is 23.1. The van der Waals surface area contributed by atoms with Crippen LogP contribution in [0.2, 0.25) is 0 Å². The minimum absolute atomic E-state index is 0.0175. The van der Waals surface area contributed by atoms with Crippen LogP contribution in [0, 0.1) is 11.6 Å². The summed E-state index contributed by atoms with van der Waals surface area (Å²) in [6.45, 7) is 2.09. The van der Waals surface area contributed by atoms with Crippen molar-refractivity contribution in [2.45, 2.75) is 50.2 Å². The molecule has 232 valence electrons. The Hall–Kier alpha value is -3.78. The number of pyridine rings is 1. The largest absolute Gasteiger partial charge is 0.416 e. The third-order valence-corrected chi connectivity index (χ3v) is 7.51. The van der Waals surface area contributed by atoms with Gasteiger partial charge in [0.05, 0.1) is 47.2 Å². The Morgan fingerprint density at radius 2 is 1.53 bits per heavy atom. The average Bonchev–Trinajstić information content (AvgIpc) is 3.32. The number of anilines is 2. The van der Waals surface area contributed by atoms with Gasteiger partial charge in [-0.1, -0.05) is 6.07 Å². The van der Waals surface area contributed by atoms with Gasteiger partial charge in [-0.05, 0) is 67.8 Å². The Labute approximate surface area is 241 Å². The van der Waals surface area contributed by atoms with E-state index in [4.69, 9.17) is 0 Å². The summed E-state index contributed by atoms with van der Waals surface area (Å²) in [5.41, 5.74) is -5.48. The van der Waals surface area contributed by atoms with E-state index in [1.54, 1.807) is 4.90 Å². The third kappa shape index (κ3) is 6.44. The number of β-amino-alcohol motifs (C(OH)–C–C–N with tert-alkyl or cyclic N) is 1. The molecule has 14 heteroatoms. The van der Waals surface area contributed by atoms with Crippen molar-refractivity contribution >= 4 is 17.4 Å². The van der Waals surface area contributed by atoms with E-state index < -0.39 is 64.1 Å². The molecule has 43 heavy (non-hydrogen) atoms. The fourth-order valence-electron chi connectivity index (χ4n) is 5.07. The summed E-state index contributed by atoms with van der Waals surface area (Å²) in [6, 6.07) is 4.73. The van der Waals surface area contributed by atoms with Crippen molar-refractivity contribution in [2.24, 2.45) is 0 Å². The molecule has 0 aliphatic carbocycles. The second kappa shape index (κ2) is 11.4. The Balaban J connectivity index is 1.83. The summed E-state index contributed by atoms with van der Waals surface area (Å²) in [4.78, 5) is 20.7. The number of benzene rings is 2. The summed E-state index contributed by atoms with van der Waals surface area (Å²) >= 11 is 0. The van der Waals surface area contributed by atoms with Crippen molar-refractivity contribution in [1.82, 2.24) is 4.98 Å². The fourth-order valence-corrected chi connectivity index (χ4v) is 5.07. The highest BCUT2D eigenvalue weighted by molar-refractivity contribution is 6.03. The van der Waals surface area contributed by atoms with Crippen LogP contribution in [0.1, 0.15) is 37.0 Å². The summed E-state index contributed by atoms with van der Waals surface area (Å²) in [5, 5.41) is 19.9. The molecule has 0 spiro atoms. The Morgan fingerprint density at radius 1 is 0.953 bits per heavy atom. The lowest BCUT2D eigenvalue weighted by Crippen LogP contribution is -2.42. The van der Waals surface area contributed by atoms with Crippen LogP contribution >= 0.6 is 0 Å². The van der Waals surface area contributed by atoms with E-state index in [-0.39, 0.29) is 48.3 Å². The van der Waals surface area contributed by atoms with E-state index >= 15 is 0 Å². The molecule has 0 unspecified atom stereocenters. The maximum atomic E-state index is 14.3. The van der Waals surface area contributed by atoms with Crippen LogP contribution in [0.4, 0.5) is 46.6 Å². The van der Waals surface area contributed by atoms with Gasteiger partial charge in [-0.15, -0.1) is 0 Å². The van der Waals surface area contributed by atoms with Crippen molar-refractivity contribution in [2.75, 3.05) is 30.0 Å². The molecule has 1 amide bonds. The number of nitrogens with zero attached hydrogens (tertiary/aromatic N) is 3. The average molecular weight is 618 g/mol. The van der Waals surface area contributed by atoms with Gasteiger partial charge in [0.1, 0.15) is 5.82 Å². The number of likely N-dealkylation sites (N-methyl/N-ethyl adjacent to an activating group) is 1. The van der Waals surface area contributed by atoms with Crippen LogP contribution < -0.4 is 9.80 Å². The number of carbonyl (C=O) groups excluding carboxylic acids is 1. The molecule has 2 N–H and O–H groups in total. The van der Waals surface area contributed by atoms with Gasteiger partial charge in [-0.25, -0.2) is 13.8 Å². The van der Waals surface area contributed by atoms with Crippen LogP contribution in [-0.4, -0.2) is 53.4 Å². The zero-order chi connectivity index (χ0) is 32.1. The van der Waals surface area contributed by atoms with Gasteiger partial charge in [0.25, 0.3) is 0 Å². The molecule has 3 aromatic rings. The van der Waals surface area contributed by atoms with Crippen molar-refractivity contribution in [3.05, 3.63) is 77.0 Å². The standard InChI is InChI=1S/C29H27F8N3O3/c1-27(2,16-7-17(28(32,33)34)9-18(8-16)29(35,36)37)26(43)39(3)24-12-38-25(40-13-20(42)10-19(40)14-41)11-21(24)15-4-5-22(30)23(31)6-15/h4-9,11-12,19-20,41-42H,10,13-14H2,1-3H3/t19-,20+/m0/s1. The summed E-state index contributed by atoms with van der Waals surface area (Å²) in [7, 11) is 1.22. The van der Waals surface area contributed by atoms with E-state index in [9.17, 15) is 50.1 Å². The molecule has 0 bridgehead atoms. The molecular formula is C29H27F8N3O3. The van der Waals surface area contributed by atoms with Crippen LogP contribution in [0.25, 0.3) is 11.1 Å². The first-order valence-corrected chi connectivity index (χ1v) is 12.9. The molecule has 1 saturated heterocycles. The van der Waals surface area contributed by atoms with Gasteiger partial charge in [-0.3, -0.25) is 4.79 Å². The number of aromatic nitrogens is 1. The van der Waals surface area contributed by atoms with Gasteiger partial charge >= 0.3 is 12.4 Å². The van der Waals surface area contributed by atoms with Crippen molar-refractivity contribution in [1.29, 1.82) is 0 Å². The van der Waals surface area contributed by atoms with Crippen LogP contribution in [-0.2, 0) is 22.6 Å².